The van der Waals surface area contributed by atoms with Crippen molar-refractivity contribution in [1.82, 2.24) is 5.32 Å². The molecule has 3 N–H and O–H groups in total. The van der Waals surface area contributed by atoms with Crippen molar-refractivity contribution < 1.29 is 27.9 Å². The summed E-state index contributed by atoms with van der Waals surface area (Å²) in [6.07, 6.45) is -0.444. The predicted octanol–water partition coefficient (Wildman–Crippen LogP) is 0.431. The summed E-state index contributed by atoms with van der Waals surface area (Å²) in [7, 11) is 1.19. The van der Waals surface area contributed by atoms with Gasteiger partial charge in [-0.15, -0.1) is 0 Å². The molecule has 0 aromatic heterocycles. The van der Waals surface area contributed by atoms with Gasteiger partial charge in [-0.2, -0.15) is 0 Å². The van der Waals surface area contributed by atoms with Crippen LogP contribution in [-0.4, -0.2) is 30.9 Å². The summed E-state index contributed by atoms with van der Waals surface area (Å²) in [6.45, 7) is 0. The number of halogens is 2. The lowest BCUT2D eigenvalue weighted by Gasteiger charge is -2.15. The van der Waals surface area contributed by atoms with Crippen LogP contribution in [-0.2, 0) is 25.5 Å². The number of carbonyl (C=O) groups is 3. The molecule has 1 rings (SSSR count). The number of benzene rings is 1. The van der Waals surface area contributed by atoms with E-state index in [1.54, 1.807) is 0 Å². The molecule has 1 atom stereocenters. The summed E-state index contributed by atoms with van der Waals surface area (Å²) in [4.78, 5) is 34.0. The first kappa shape index (κ1) is 17.5. The Kier molecular flexibility index (Phi) is 6.43. The van der Waals surface area contributed by atoms with E-state index in [1.807, 2.05) is 0 Å². The van der Waals surface area contributed by atoms with Gasteiger partial charge in [0.05, 0.1) is 13.5 Å². The number of amides is 2. The lowest BCUT2D eigenvalue weighted by molar-refractivity contribution is -0.141. The number of esters is 1. The minimum Gasteiger partial charge on any atom is -0.469 e. The van der Waals surface area contributed by atoms with E-state index in [4.69, 9.17) is 5.73 Å². The molecule has 22 heavy (non-hydrogen) atoms. The first-order valence-electron chi connectivity index (χ1n) is 6.42. The molecular weight excluding hydrogens is 298 g/mol. The van der Waals surface area contributed by atoms with E-state index in [9.17, 15) is 23.2 Å². The van der Waals surface area contributed by atoms with Crippen molar-refractivity contribution >= 4 is 17.8 Å². The number of rotatable bonds is 7. The van der Waals surface area contributed by atoms with Crippen molar-refractivity contribution in [2.75, 3.05) is 7.11 Å². The molecule has 0 unspecified atom stereocenters. The third kappa shape index (κ3) is 5.86. The standard InChI is InChI=1S/C14H16F2N2O4/c1-22-13(20)3-2-11(14(17)21)18-12(19)6-8-4-9(15)7-10(16)5-8/h4-5,7,11H,2-3,6H2,1H3,(H2,17,21)(H,18,19)/t11-/m1/s1. The molecule has 0 fully saturated rings. The number of nitrogens with one attached hydrogen (secondary N) is 1. The molecule has 0 heterocycles. The van der Waals surface area contributed by atoms with Crippen LogP contribution in [0.4, 0.5) is 8.78 Å². The molecule has 0 aliphatic carbocycles. The summed E-state index contributed by atoms with van der Waals surface area (Å²) >= 11 is 0. The topological polar surface area (TPSA) is 98.5 Å². The Labute approximate surface area is 125 Å². The lowest BCUT2D eigenvalue weighted by Crippen LogP contribution is -2.45. The van der Waals surface area contributed by atoms with Gasteiger partial charge in [-0.1, -0.05) is 0 Å². The highest BCUT2D eigenvalue weighted by Gasteiger charge is 2.19. The number of carbonyl (C=O) groups excluding carboxylic acids is 3. The van der Waals surface area contributed by atoms with Gasteiger partial charge in [0.15, 0.2) is 0 Å². The Hall–Kier alpha value is -2.51. The SMILES string of the molecule is COC(=O)CC[C@@H](NC(=O)Cc1cc(F)cc(F)c1)C(N)=O. The first-order chi connectivity index (χ1) is 10.3. The maximum atomic E-state index is 13.0. The molecule has 0 spiro atoms. The van der Waals surface area contributed by atoms with E-state index >= 15 is 0 Å². The first-order valence-corrected chi connectivity index (χ1v) is 6.42. The molecule has 1 aromatic rings. The maximum absolute atomic E-state index is 13.0. The number of methoxy groups -OCH3 is 1. The van der Waals surface area contributed by atoms with E-state index in [0.717, 1.165) is 12.1 Å². The number of primary amides is 1. The Morgan fingerprint density at radius 3 is 2.32 bits per heavy atom. The van der Waals surface area contributed by atoms with Crippen molar-refractivity contribution in [2.24, 2.45) is 5.73 Å². The highest BCUT2D eigenvalue weighted by molar-refractivity contribution is 5.87. The molecule has 0 saturated carbocycles. The summed E-state index contributed by atoms with van der Waals surface area (Å²) in [5.74, 6) is -3.62. The highest BCUT2D eigenvalue weighted by atomic mass is 19.1. The van der Waals surface area contributed by atoms with Crippen molar-refractivity contribution in [1.29, 1.82) is 0 Å². The molecule has 0 bridgehead atoms. The normalized spacial score (nSPS) is 11.6. The fourth-order valence-corrected chi connectivity index (χ4v) is 1.79. The van der Waals surface area contributed by atoms with E-state index < -0.39 is 35.5 Å². The van der Waals surface area contributed by atoms with Crippen molar-refractivity contribution in [3.63, 3.8) is 0 Å². The smallest absolute Gasteiger partial charge is 0.305 e. The van der Waals surface area contributed by atoms with Gasteiger partial charge in [0.2, 0.25) is 11.8 Å². The largest absolute Gasteiger partial charge is 0.469 e. The second-order valence-electron chi connectivity index (χ2n) is 4.59. The van der Waals surface area contributed by atoms with Crippen LogP contribution in [0.2, 0.25) is 0 Å². The Morgan fingerprint density at radius 2 is 1.82 bits per heavy atom. The quantitative estimate of drug-likeness (QED) is 0.713. The molecule has 0 aliphatic heterocycles. The van der Waals surface area contributed by atoms with Crippen LogP contribution in [0, 0.1) is 11.6 Å². The van der Waals surface area contributed by atoms with Crippen LogP contribution in [0.1, 0.15) is 18.4 Å². The van der Waals surface area contributed by atoms with E-state index in [2.05, 4.69) is 10.1 Å². The average molecular weight is 314 g/mol. The number of hydrogen-bond acceptors (Lipinski definition) is 4. The van der Waals surface area contributed by atoms with Crippen molar-refractivity contribution in [2.45, 2.75) is 25.3 Å². The Balaban J connectivity index is 2.63. The second kappa shape index (κ2) is 8.06. The van der Waals surface area contributed by atoms with Gasteiger partial charge < -0.3 is 15.8 Å². The third-order valence-corrected chi connectivity index (χ3v) is 2.83. The van der Waals surface area contributed by atoms with Crippen molar-refractivity contribution in [3.05, 3.63) is 35.4 Å². The minimum absolute atomic E-state index is 0.0226. The molecule has 8 heteroatoms. The van der Waals surface area contributed by atoms with Gasteiger partial charge in [0.25, 0.3) is 0 Å². The van der Waals surface area contributed by atoms with Gasteiger partial charge in [-0.25, -0.2) is 8.78 Å². The van der Waals surface area contributed by atoms with Gasteiger partial charge in [0, 0.05) is 12.5 Å². The zero-order chi connectivity index (χ0) is 16.7. The molecule has 0 radical (unpaired) electrons. The van der Waals surface area contributed by atoms with Gasteiger partial charge in [-0.3, -0.25) is 14.4 Å². The molecule has 0 aliphatic rings. The predicted molar refractivity (Wildman–Crippen MR) is 72.4 cm³/mol. The van der Waals surface area contributed by atoms with Crippen LogP contribution in [0.25, 0.3) is 0 Å². The average Bonchev–Trinajstić information content (AvgIpc) is 2.41. The monoisotopic (exact) mass is 314 g/mol. The maximum Gasteiger partial charge on any atom is 0.305 e. The van der Waals surface area contributed by atoms with Gasteiger partial charge >= 0.3 is 5.97 Å². The molecule has 2 amide bonds. The Bertz CT molecular complexity index is 558. The summed E-state index contributed by atoms with van der Waals surface area (Å²) in [5.41, 5.74) is 5.25. The minimum atomic E-state index is -1.06. The zero-order valence-corrected chi connectivity index (χ0v) is 11.9. The molecule has 120 valence electrons. The van der Waals surface area contributed by atoms with Crippen LogP contribution >= 0.6 is 0 Å². The molecule has 0 saturated heterocycles. The van der Waals surface area contributed by atoms with Crippen LogP contribution < -0.4 is 11.1 Å². The second-order valence-corrected chi connectivity index (χ2v) is 4.59. The van der Waals surface area contributed by atoms with E-state index in [1.165, 1.54) is 7.11 Å². The van der Waals surface area contributed by atoms with Gasteiger partial charge in [0.1, 0.15) is 17.7 Å². The summed E-state index contributed by atoms with van der Waals surface area (Å²) < 4.78 is 30.5. The van der Waals surface area contributed by atoms with Crippen LogP contribution in [0.5, 0.6) is 0 Å². The lowest BCUT2D eigenvalue weighted by atomic mass is 10.1. The van der Waals surface area contributed by atoms with Crippen LogP contribution in [0.15, 0.2) is 18.2 Å². The van der Waals surface area contributed by atoms with Gasteiger partial charge in [-0.05, 0) is 24.1 Å². The summed E-state index contributed by atoms with van der Waals surface area (Å²) in [6, 6.07) is 1.64. The Morgan fingerprint density at radius 1 is 1.23 bits per heavy atom. The van der Waals surface area contributed by atoms with E-state index in [0.29, 0.717) is 6.07 Å². The van der Waals surface area contributed by atoms with E-state index in [-0.39, 0.29) is 24.8 Å². The fraction of sp³-hybridized carbons (Fsp3) is 0.357. The summed E-state index contributed by atoms with van der Waals surface area (Å²) in [5, 5.41) is 2.32. The van der Waals surface area contributed by atoms with Crippen molar-refractivity contribution in [3.8, 4) is 0 Å². The fourth-order valence-electron chi connectivity index (χ4n) is 1.79. The molecule has 1 aromatic carbocycles. The van der Waals surface area contributed by atoms with Crippen LogP contribution in [0.3, 0.4) is 0 Å². The number of ether oxygens (including phenoxy) is 1. The highest BCUT2D eigenvalue weighted by Crippen LogP contribution is 2.09. The number of nitrogens with two attached hydrogens (primary N) is 1. The third-order valence-electron chi connectivity index (χ3n) is 2.83. The molecule has 6 nitrogen and oxygen atoms in total. The number of hydrogen-bond donors (Lipinski definition) is 2. The molecular formula is C14H16F2N2O4. The zero-order valence-electron chi connectivity index (χ0n) is 11.9.